The summed E-state index contributed by atoms with van der Waals surface area (Å²) in [7, 11) is 5.41. The zero-order valence-corrected chi connectivity index (χ0v) is 44.9. The van der Waals surface area contributed by atoms with Crippen LogP contribution in [0.25, 0.3) is 0 Å². The summed E-state index contributed by atoms with van der Waals surface area (Å²) < 4.78 is 17.3. The van der Waals surface area contributed by atoms with Crippen molar-refractivity contribution < 1.29 is 38.2 Å². The molecule has 0 bridgehead atoms. The van der Waals surface area contributed by atoms with Gasteiger partial charge in [0.2, 0.25) is 0 Å². The fraction of sp³-hybridized carbons (Fsp3) is 0.689. The van der Waals surface area contributed by atoms with Crippen molar-refractivity contribution in [2.45, 2.75) is 231 Å². The van der Waals surface area contributed by atoms with Crippen molar-refractivity contribution in [3.8, 4) is 0 Å². The molecule has 0 aromatic carbocycles. The third kappa shape index (κ3) is 49.0. The lowest BCUT2D eigenvalue weighted by atomic mass is 10.1. The minimum atomic E-state index is -1.13. The number of ether oxygens (including phenoxy) is 3. The SMILES string of the molecule is CC/C=C/C/C=C/C/C=C/C/C=C/C/C=C/CCCCCCCCCC(=O)OCC(COCCC(C(=O)[O-])[N+](C)(C)C)OC(=O)CCCCCCCCCCC/C=C/C/C=C/C/C=C/CCCCC. The molecule has 0 saturated carbocycles. The van der Waals surface area contributed by atoms with Gasteiger partial charge in [-0.3, -0.25) is 9.59 Å². The van der Waals surface area contributed by atoms with Gasteiger partial charge in [-0.15, -0.1) is 0 Å². The molecule has 0 saturated heterocycles. The average Bonchev–Trinajstić information content (AvgIpc) is 3.31. The molecule has 0 aliphatic carbocycles. The molecule has 0 radical (unpaired) electrons. The van der Waals surface area contributed by atoms with Gasteiger partial charge >= 0.3 is 11.9 Å². The zero-order valence-electron chi connectivity index (χ0n) is 44.9. The van der Waals surface area contributed by atoms with Gasteiger partial charge < -0.3 is 28.6 Å². The highest BCUT2D eigenvalue weighted by Gasteiger charge is 2.25. The van der Waals surface area contributed by atoms with Gasteiger partial charge in [0, 0.05) is 19.3 Å². The Labute approximate surface area is 424 Å². The molecule has 0 N–H and O–H groups in total. The third-order valence-electron chi connectivity index (χ3n) is 12.0. The van der Waals surface area contributed by atoms with Gasteiger partial charge in [0.25, 0.3) is 0 Å². The lowest BCUT2D eigenvalue weighted by Crippen LogP contribution is -2.55. The molecule has 0 amide bonds. The van der Waals surface area contributed by atoms with E-state index in [-0.39, 0.29) is 42.7 Å². The number of nitrogens with zero attached hydrogens (tertiary/aromatic N) is 1. The predicted molar refractivity (Wildman–Crippen MR) is 291 cm³/mol. The number of rotatable bonds is 49. The molecule has 0 aromatic rings. The van der Waals surface area contributed by atoms with E-state index in [9.17, 15) is 19.5 Å². The first kappa shape index (κ1) is 65.2. The van der Waals surface area contributed by atoms with Crippen LogP contribution in [0, 0.1) is 0 Å². The average molecular weight is 962 g/mol. The number of carboxylic acids is 1. The topological polar surface area (TPSA) is 102 Å². The normalized spacial score (nSPS) is 13.6. The fourth-order valence-electron chi connectivity index (χ4n) is 7.69. The molecule has 2 atom stereocenters. The monoisotopic (exact) mass is 962 g/mol. The molecule has 8 heteroatoms. The van der Waals surface area contributed by atoms with Gasteiger partial charge in [-0.2, -0.15) is 0 Å². The maximum absolute atomic E-state index is 12.8. The van der Waals surface area contributed by atoms with E-state index in [0.717, 1.165) is 103 Å². The summed E-state index contributed by atoms with van der Waals surface area (Å²) in [4.78, 5) is 37.1. The molecule has 2 unspecified atom stereocenters. The minimum absolute atomic E-state index is 0.0298. The molecular formula is C61H103NO7. The zero-order chi connectivity index (χ0) is 50.6. The second-order valence-electron chi connectivity index (χ2n) is 19.4. The van der Waals surface area contributed by atoms with Gasteiger partial charge in [0.05, 0.1) is 40.3 Å². The summed E-state index contributed by atoms with van der Waals surface area (Å²) in [6, 6.07) is -0.735. The van der Waals surface area contributed by atoms with Crippen LogP contribution in [0.15, 0.2) is 97.2 Å². The quantitative estimate of drug-likeness (QED) is 0.0259. The predicted octanol–water partition coefficient (Wildman–Crippen LogP) is 15.3. The van der Waals surface area contributed by atoms with E-state index in [2.05, 4.69) is 111 Å². The van der Waals surface area contributed by atoms with Crippen molar-refractivity contribution in [1.29, 1.82) is 0 Å². The summed E-state index contributed by atoms with van der Waals surface area (Å²) in [5, 5.41) is 11.7. The molecule has 0 aromatic heterocycles. The molecule has 0 rings (SSSR count). The van der Waals surface area contributed by atoms with Gasteiger partial charge in [-0.1, -0.05) is 201 Å². The van der Waals surface area contributed by atoms with Crippen LogP contribution in [-0.2, 0) is 28.6 Å². The number of quaternary nitrogens is 1. The Morgan fingerprint density at radius 1 is 0.449 bits per heavy atom. The number of carbonyl (C=O) groups is 3. The first-order valence-corrected chi connectivity index (χ1v) is 27.8. The summed E-state index contributed by atoms with van der Waals surface area (Å²) >= 11 is 0. The van der Waals surface area contributed by atoms with Gasteiger partial charge in [0.1, 0.15) is 12.6 Å². The molecule has 0 fully saturated rings. The highest BCUT2D eigenvalue weighted by atomic mass is 16.6. The van der Waals surface area contributed by atoms with Gasteiger partial charge in [-0.25, -0.2) is 0 Å². The van der Waals surface area contributed by atoms with E-state index in [4.69, 9.17) is 14.2 Å². The lowest BCUT2D eigenvalue weighted by molar-refractivity contribution is -0.889. The Kier molecular flexibility index (Phi) is 47.9. The highest BCUT2D eigenvalue weighted by Crippen LogP contribution is 2.15. The Morgan fingerprint density at radius 2 is 0.812 bits per heavy atom. The first-order chi connectivity index (χ1) is 33.6. The van der Waals surface area contributed by atoms with Gasteiger partial charge in [0.15, 0.2) is 6.10 Å². The van der Waals surface area contributed by atoms with E-state index in [0.29, 0.717) is 12.8 Å². The van der Waals surface area contributed by atoms with Crippen LogP contribution < -0.4 is 5.11 Å². The maximum atomic E-state index is 12.8. The number of allylic oxidation sites excluding steroid dienone is 16. The lowest BCUT2D eigenvalue weighted by Gasteiger charge is -2.34. The Hall–Kier alpha value is -3.75. The van der Waals surface area contributed by atoms with Crippen LogP contribution in [0.2, 0.25) is 0 Å². The van der Waals surface area contributed by atoms with Crippen molar-refractivity contribution in [3.63, 3.8) is 0 Å². The summed E-state index contributed by atoms with van der Waals surface area (Å²) in [6.45, 7) is 4.51. The smallest absolute Gasteiger partial charge is 0.306 e. The molecule has 394 valence electrons. The van der Waals surface area contributed by atoms with Crippen molar-refractivity contribution in [2.24, 2.45) is 0 Å². The summed E-state index contributed by atoms with van der Waals surface area (Å²) in [6.07, 6.45) is 68.6. The third-order valence-corrected chi connectivity index (χ3v) is 12.0. The summed E-state index contributed by atoms with van der Waals surface area (Å²) in [5.41, 5.74) is 0. The first-order valence-electron chi connectivity index (χ1n) is 27.8. The second kappa shape index (κ2) is 50.6. The van der Waals surface area contributed by atoms with E-state index in [1.807, 2.05) is 0 Å². The highest BCUT2D eigenvalue weighted by molar-refractivity contribution is 5.70. The summed E-state index contributed by atoms with van der Waals surface area (Å²) in [5.74, 6) is -1.76. The van der Waals surface area contributed by atoms with Crippen molar-refractivity contribution >= 4 is 17.9 Å². The van der Waals surface area contributed by atoms with E-state index >= 15 is 0 Å². The maximum Gasteiger partial charge on any atom is 0.306 e. The van der Waals surface area contributed by atoms with Crippen molar-refractivity contribution in [1.82, 2.24) is 0 Å². The largest absolute Gasteiger partial charge is 0.544 e. The number of unbranched alkanes of at least 4 members (excludes halogenated alkanes) is 19. The van der Waals surface area contributed by atoms with Crippen LogP contribution in [-0.4, -0.2) is 75.5 Å². The standard InChI is InChI=1S/C61H103NO7/c1-6-8-10-12-14-16-18-20-22-24-26-28-30-32-33-35-37-39-41-43-45-47-49-51-59(63)68-56-57(55-67-54-53-58(61(65)66)62(3,4)5)69-60(64)52-50-48-46-44-42-40-38-36-34-31-29-27-25-23-21-19-17-15-13-11-9-7-2/h8,10,14-17,20-23,26-29,32-33,57-58H,6-7,9,11-13,18-19,24-25,30-31,34-56H2,1-5H3/b10-8+,16-14+,17-15+,22-20+,23-21+,28-26+,29-27+,33-32+. The van der Waals surface area contributed by atoms with E-state index < -0.39 is 18.1 Å². The number of likely N-dealkylation sites (N-methyl/N-ethyl adjacent to an activating group) is 1. The number of carbonyl (C=O) groups excluding carboxylic acids is 3. The Morgan fingerprint density at radius 3 is 1.20 bits per heavy atom. The number of aliphatic carboxylic acids is 1. The van der Waals surface area contributed by atoms with Crippen LogP contribution in [0.3, 0.4) is 0 Å². The molecule has 0 aliphatic heterocycles. The Bertz CT molecular complexity index is 1450. The molecule has 0 heterocycles. The van der Waals surface area contributed by atoms with Crippen LogP contribution in [0.1, 0.15) is 219 Å². The minimum Gasteiger partial charge on any atom is -0.544 e. The fourth-order valence-corrected chi connectivity index (χ4v) is 7.69. The number of hydrogen-bond acceptors (Lipinski definition) is 7. The van der Waals surface area contributed by atoms with E-state index in [1.165, 1.54) is 83.5 Å². The molecule has 0 spiro atoms. The molecule has 69 heavy (non-hydrogen) atoms. The van der Waals surface area contributed by atoms with Crippen LogP contribution in [0.5, 0.6) is 0 Å². The molecule has 8 nitrogen and oxygen atoms in total. The molecule has 0 aliphatic rings. The van der Waals surface area contributed by atoms with Crippen LogP contribution >= 0.6 is 0 Å². The van der Waals surface area contributed by atoms with Gasteiger partial charge in [-0.05, 0) is 96.3 Å². The van der Waals surface area contributed by atoms with E-state index in [1.54, 1.807) is 21.1 Å². The second-order valence-corrected chi connectivity index (χ2v) is 19.4. The number of carboxylic acid groups (broad SMARTS) is 1. The molecular weight excluding hydrogens is 859 g/mol. The van der Waals surface area contributed by atoms with Crippen molar-refractivity contribution in [2.75, 3.05) is 41.0 Å². The Balaban J connectivity index is 4.25. The van der Waals surface area contributed by atoms with Crippen LogP contribution in [0.4, 0.5) is 0 Å². The van der Waals surface area contributed by atoms with Crippen molar-refractivity contribution in [3.05, 3.63) is 97.2 Å². The number of esters is 2. The number of hydrogen-bond donors (Lipinski definition) is 0.